The number of nitrogens with two attached hydrogens (primary N) is 1. The van der Waals surface area contributed by atoms with Gasteiger partial charge in [0, 0.05) is 12.2 Å². The van der Waals surface area contributed by atoms with Crippen LogP contribution in [0.5, 0.6) is 0 Å². The van der Waals surface area contributed by atoms with Gasteiger partial charge < -0.3 is 16.4 Å². The Morgan fingerprint density at radius 3 is 2.43 bits per heavy atom. The number of carbonyl (C=O) groups excluding carboxylic acids is 1. The van der Waals surface area contributed by atoms with E-state index in [1.54, 1.807) is 24.3 Å². The number of guanidine groups is 1. The van der Waals surface area contributed by atoms with Gasteiger partial charge in [-0.05, 0) is 24.3 Å². The first-order valence-corrected chi connectivity index (χ1v) is 7.19. The molecule has 122 valence electrons. The summed E-state index contributed by atoms with van der Waals surface area (Å²) < 4.78 is 0. The molecule has 23 heavy (non-hydrogen) atoms. The first kappa shape index (κ1) is 19.2. The van der Waals surface area contributed by atoms with Crippen molar-refractivity contribution in [2.45, 2.75) is 0 Å². The number of benzene rings is 2. The van der Waals surface area contributed by atoms with E-state index < -0.39 is 0 Å². The smallest absolute Gasteiger partial charge is 0.252 e. The van der Waals surface area contributed by atoms with Crippen LogP contribution in [0.2, 0.25) is 5.02 Å². The van der Waals surface area contributed by atoms with Gasteiger partial charge >= 0.3 is 0 Å². The lowest BCUT2D eigenvalue weighted by Crippen LogP contribution is -2.28. The van der Waals surface area contributed by atoms with E-state index in [-0.39, 0.29) is 29.9 Å². The fraction of sp³-hybridized carbons (Fsp3) is 0.125. The Morgan fingerprint density at radius 1 is 1.09 bits per heavy atom. The average molecular weight is 445 g/mol. The van der Waals surface area contributed by atoms with Gasteiger partial charge in [-0.1, -0.05) is 41.9 Å². The molecule has 7 heteroatoms. The van der Waals surface area contributed by atoms with Crippen LogP contribution in [0, 0.1) is 0 Å². The van der Waals surface area contributed by atoms with Crippen molar-refractivity contribution in [3.05, 3.63) is 65.2 Å². The van der Waals surface area contributed by atoms with Crippen LogP contribution in [0.4, 0.5) is 5.69 Å². The van der Waals surface area contributed by atoms with Crippen molar-refractivity contribution in [3.63, 3.8) is 0 Å². The highest BCUT2D eigenvalue weighted by Gasteiger charge is 2.07. The minimum Gasteiger partial charge on any atom is -0.370 e. The van der Waals surface area contributed by atoms with Gasteiger partial charge in [0.25, 0.3) is 5.91 Å². The normalized spacial score (nSPS) is 10.6. The van der Waals surface area contributed by atoms with Crippen molar-refractivity contribution in [2.75, 3.05) is 18.4 Å². The molecule has 0 aromatic heterocycles. The standard InChI is InChI=1S/C16H17ClN4O.HI/c17-14-9-5-4-8-13(14)15(22)19-10-11-20-16(18)21-12-6-2-1-3-7-12;/h1-9H,10-11H2,(H,19,22)(H3,18,20,21);1H. The topological polar surface area (TPSA) is 79.5 Å². The quantitative estimate of drug-likeness (QED) is 0.287. The van der Waals surface area contributed by atoms with Gasteiger partial charge in [0.15, 0.2) is 5.96 Å². The summed E-state index contributed by atoms with van der Waals surface area (Å²) in [5.74, 6) is 0.0774. The van der Waals surface area contributed by atoms with E-state index in [4.69, 9.17) is 17.3 Å². The third-order valence-corrected chi connectivity index (χ3v) is 3.17. The Bertz CT molecular complexity index is 664. The number of rotatable bonds is 5. The third kappa shape index (κ3) is 6.45. The molecule has 0 unspecified atom stereocenters. The van der Waals surface area contributed by atoms with Gasteiger partial charge in [-0.25, -0.2) is 0 Å². The van der Waals surface area contributed by atoms with Crippen LogP contribution in [0.3, 0.4) is 0 Å². The van der Waals surface area contributed by atoms with Crippen molar-refractivity contribution >= 4 is 53.1 Å². The molecule has 0 fully saturated rings. The maximum absolute atomic E-state index is 11.9. The van der Waals surface area contributed by atoms with E-state index in [2.05, 4.69) is 15.6 Å². The molecule has 2 aromatic carbocycles. The van der Waals surface area contributed by atoms with Crippen LogP contribution in [-0.2, 0) is 0 Å². The molecule has 0 radical (unpaired) electrons. The number of para-hydroxylation sites is 1. The molecule has 0 heterocycles. The predicted octanol–water partition coefficient (Wildman–Crippen LogP) is 3.11. The summed E-state index contributed by atoms with van der Waals surface area (Å²) in [6, 6.07) is 16.4. The number of aliphatic imine (C=N–C) groups is 1. The predicted molar refractivity (Wildman–Crippen MR) is 106 cm³/mol. The lowest BCUT2D eigenvalue weighted by Gasteiger charge is -2.07. The van der Waals surface area contributed by atoms with E-state index in [1.807, 2.05) is 30.3 Å². The zero-order valence-electron chi connectivity index (χ0n) is 12.3. The zero-order chi connectivity index (χ0) is 15.8. The fourth-order valence-corrected chi connectivity index (χ4v) is 2.02. The molecule has 0 spiro atoms. The van der Waals surface area contributed by atoms with Crippen molar-refractivity contribution < 1.29 is 4.79 Å². The van der Waals surface area contributed by atoms with Gasteiger partial charge in [-0.2, -0.15) is 0 Å². The minimum atomic E-state index is -0.226. The second kappa shape index (κ2) is 10.1. The molecular formula is C16H18ClIN4O. The number of carbonyl (C=O) groups is 1. The molecule has 1 amide bonds. The fourth-order valence-electron chi connectivity index (χ4n) is 1.80. The monoisotopic (exact) mass is 444 g/mol. The van der Waals surface area contributed by atoms with Crippen molar-refractivity contribution in [2.24, 2.45) is 10.7 Å². The summed E-state index contributed by atoms with van der Waals surface area (Å²) in [5, 5.41) is 6.13. The van der Waals surface area contributed by atoms with Crippen LogP contribution in [0.15, 0.2) is 59.6 Å². The van der Waals surface area contributed by atoms with Crippen LogP contribution < -0.4 is 16.4 Å². The first-order chi connectivity index (χ1) is 10.7. The van der Waals surface area contributed by atoms with E-state index in [1.165, 1.54) is 0 Å². The molecule has 4 N–H and O–H groups in total. The lowest BCUT2D eigenvalue weighted by atomic mass is 10.2. The van der Waals surface area contributed by atoms with Crippen LogP contribution in [0.1, 0.15) is 10.4 Å². The molecule has 0 aliphatic rings. The molecule has 0 aliphatic carbocycles. The second-order valence-electron chi connectivity index (χ2n) is 4.49. The molecule has 0 aliphatic heterocycles. The van der Waals surface area contributed by atoms with Crippen molar-refractivity contribution in [1.82, 2.24) is 5.32 Å². The number of halogens is 2. The maximum atomic E-state index is 11.9. The Balaban J connectivity index is 0.00000264. The minimum absolute atomic E-state index is 0. The van der Waals surface area contributed by atoms with Gasteiger partial charge in [0.05, 0.1) is 17.1 Å². The molecular weight excluding hydrogens is 427 g/mol. The summed E-state index contributed by atoms with van der Waals surface area (Å²) in [6.07, 6.45) is 0. The van der Waals surface area contributed by atoms with Crippen molar-refractivity contribution in [3.8, 4) is 0 Å². The lowest BCUT2D eigenvalue weighted by molar-refractivity contribution is 0.0955. The summed E-state index contributed by atoms with van der Waals surface area (Å²) in [6.45, 7) is 0.753. The molecule has 5 nitrogen and oxygen atoms in total. The van der Waals surface area contributed by atoms with E-state index >= 15 is 0 Å². The summed E-state index contributed by atoms with van der Waals surface area (Å²) >= 11 is 5.95. The Hall–Kier alpha value is -1.80. The SMILES string of the molecule is I.NC(=NCCNC(=O)c1ccccc1Cl)Nc1ccccc1. The number of anilines is 1. The van der Waals surface area contributed by atoms with E-state index in [0.29, 0.717) is 29.6 Å². The summed E-state index contributed by atoms with van der Waals surface area (Å²) in [5.41, 5.74) is 7.08. The Morgan fingerprint density at radius 2 is 1.74 bits per heavy atom. The molecule has 2 rings (SSSR count). The van der Waals surface area contributed by atoms with Crippen LogP contribution in [0.25, 0.3) is 0 Å². The summed E-state index contributed by atoms with van der Waals surface area (Å²) in [4.78, 5) is 16.1. The number of hydrogen-bond donors (Lipinski definition) is 3. The van der Waals surface area contributed by atoms with Gasteiger partial charge in [0.2, 0.25) is 0 Å². The second-order valence-corrected chi connectivity index (χ2v) is 4.90. The Kier molecular flexibility index (Phi) is 8.42. The highest BCUT2D eigenvalue weighted by molar-refractivity contribution is 14.0. The Labute approximate surface area is 157 Å². The van der Waals surface area contributed by atoms with Crippen LogP contribution in [-0.4, -0.2) is 25.0 Å². The average Bonchev–Trinajstić information content (AvgIpc) is 2.53. The van der Waals surface area contributed by atoms with E-state index in [0.717, 1.165) is 5.69 Å². The largest absolute Gasteiger partial charge is 0.370 e. The van der Waals surface area contributed by atoms with Gasteiger partial charge in [-0.3, -0.25) is 9.79 Å². The highest BCUT2D eigenvalue weighted by Crippen LogP contribution is 2.14. The third-order valence-electron chi connectivity index (χ3n) is 2.84. The van der Waals surface area contributed by atoms with E-state index in [9.17, 15) is 4.79 Å². The van der Waals surface area contributed by atoms with Crippen molar-refractivity contribution in [1.29, 1.82) is 0 Å². The van der Waals surface area contributed by atoms with Crippen LogP contribution >= 0.6 is 35.6 Å². The van der Waals surface area contributed by atoms with Gasteiger partial charge in [-0.15, -0.1) is 24.0 Å². The number of hydrogen-bond acceptors (Lipinski definition) is 2. The molecule has 0 saturated carbocycles. The molecule has 0 saturated heterocycles. The highest BCUT2D eigenvalue weighted by atomic mass is 127. The number of nitrogens with zero attached hydrogens (tertiary/aromatic N) is 1. The molecule has 0 bridgehead atoms. The molecule has 2 aromatic rings. The van der Waals surface area contributed by atoms with Gasteiger partial charge in [0.1, 0.15) is 0 Å². The summed E-state index contributed by atoms with van der Waals surface area (Å²) in [7, 11) is 0. The number of nitrogens with one attached hydrogen (secondary N) is 2. The maximum Gasteiger partial charge on any atom is 0.252 e. The first-order valence-electron chi connectivity index (χ1n) is 6.81. The number of amides is 1. The molecule has 0 atom stereocenters. The zero-order valence-corrected chi connectivity index (χ0v) is 15.4.